The molecule has 0 atom stereocenters. The van der Waals surface area contributed by atoms with Crippen LogP contribution in [0.3, 0.4) is 0 Å². The highest BCUT2D eigenvalue weighted by molar-refractivity contribution is 6.30. The summed E-state index contributed by atoms with van der Waals surface area (Å²) in [6, 6.07) is 4.07. The van der Waals surface area contributed by atoms with Gasteiger partial charge in [-0.3, -0.25) is 4.79 Å². The molecule has 0 spiro atoms. The lowest BCUT2D eigenvalue weighted by atomic mass is 10.3. The first-order chi connectivity index (χ1) is 7.63. The zero-order valence-corrected chi connectivity index (χ0v) is 9.46. The van der Waals surface area contributed by atoms with E-state index in [2.05, 4.69) is 5.32 Å². The van der Waals surface area contributed by atoms with E-state index in [4.69, 9.17) is 11.6 Å². The van der Waals surface area contributed by atoms with Crippen LogP contribution in [0.2, 0.25) is 5.02 Å². The third kappa shape index (κ3) is 3.87. The highest BCUT2D eigenvalue weighted by atomic mass is 35.5. The average molecular weight is 240 g/mol. The van der Waals surface area contributed by atoms with E-state index in [1.165, 1.54) is 18.2 Å². The van der Waals surface area contributed by atoms with Gasteiger partial charge in [-0.2, -0.15) is 0 Å². The standard InChI is InChI=1S/C12H11ClFNO/c1-2-3-4-5-12(16)15-11-7-6-9(13)8-10(11)14/h2-8H,1H3,(H,15,16)/b3-2+,5-4+. The molecule has 1 amide bonds. The molecule has 0 bridgehead atoms. The number of carbonyl (C=O) groups excluding carboxylic acids is 1. The first kappa shape index (κ1) is 12.5. The minimum absolute atomic E-state index is 0.111. The Morgan fingerprint density at radius 1 is 1.44 bits per heavy atom. The summed E-state index contributed by atoms with van der Waals surface area (Å²) in [5.41, 5.74) is 0.111. The van der Waals surface area contributed by atoms with Crippen molar-refractivity contribution >= 4 is 23.2 Å². The first-order valence-corrected chi connectivity index (χ1v) is 5.06. The van der Waals surface area contributed by atoms with Crippen LogP contribution < -0.4 is 5.32 Å². The van der Waals surface area contributed by atoms with Crippen molar-refractivity contribution in [3.05, 3.63) is 53.3 Å². The molecule has 16 heavy (non-hydrogen) atoms. The summed E-state index contributed by atoms with van der Waals surface area (Å²) in [6.45, 7) is 1.83. The summed E-state index contributed by atoms with van der Waals surface area (Å²) in [5.74, 6) is -0.945. The van der Waals surface area contributed by atoms with Crippen LogP contribution >= 0.6 is 11.6 Å². The molecule has 0 radical (unpaired) electrons. The molecule has 0 aliphatic rings. The quantitative estimate of drug-likeness (QED) is 0.634. The molecule has 1 N–H and O–H groups in total. The van der Waals surface area contributed by atoms with Gasteiger partial charge >= 0.3 is 0 Å². The summed E-state index contributed by atoms with van der Waals surface area (Å²) >= 11 is 5.58. The lowest BCUT2D eigenvalue weighted by molar-refractivity contribution is -0.111. The molecule has 84 valence electrons. The number of benzene rings is 1. The van der Waals surface area contributed by atoms with Crippen LogP contribution in [0.4, 0.5) is 10.1 Å². The molecule has 0 saturated heterocycles. The van der Waals surface area contributed by atoms with Gasteiger partial charge < -0.3 is 5.32 Å². The average Bonchev–Trinajstić information content (AvgIpc) is 2.23. The Labute approximate surface area is 98.4 Å². The lowest BCUT2D eigenvalue weighted by Crippen LogP contribution is -2.09. The monoisotopic (exact) mass is 239 g/mol. The van der Waals surface area contributed by atoms with E-state index in [0.717, 1.165) is 6.07 Å². The van der Waals surface area contributed by atoms with Gasteiger partial charge in [0.05, 0.1) is 5.69 Å². The Balaban J connectivity index is 2.70. The number of halogens is 2. The maximum Gasteiger partial charge on any atom is 0.248 e. The van der Waals surface area contributed by atoms with Crippen molar-refractivity contribution in [2.45, 2.75) is 6.92 Å². The molecule has 1 aromatic carbocycles. The summed E-state index contributed by atoms with van der Waals surface area (Å²) in [7, 11) is 0. The maximum atomic E-state index is 13.3. The van der Waals surface area contributed by atoms with Gasteiger partial charge in [-0.25, -0.2) is 4.39 Å². The van der Waals surface area contributed by atoms with Crippen LogP contribution in [-0.2, 0) is 4.79 Å². The molecule has 1 aromatic rings. The third-order valence-electron chi connectivity index (χ3n) is 1.74. The molecule has 4 heteroatoms. The molecule has 0 unspecified atom stereocenters. The van der Waals surface area contributed by atoms with Gasteiger partial charge in [0.25, 0.3) is 0 Å². The lowest BCUT2D eigenvalue weighted by Gasteiger charge is -2.03. The van der Waals surface area contributed by atoms with E-state index in [1.54, 1.807) is 18.2 Å². The molecule has 1 rings (SSSR count). The molecule has 0 heterocycles. The predicted molar refractivity (Wildman–Crippen MR) is 64.0 cm³/mol. The molecule has 0 fully saturated rings. The van der Waals surface area contributed by atoms with Crippen molar-refractivity contribution in [2.75, 3.05) is 5.32 Å². The summed E-state index contributed by atoms with van der Waals surface area (Å²) in [6.07, 6.45) is 6.38. The fourth-order valence-electron chi connectivity index (χ4n) is 1.02. The van der Waals surface area contributed by atoms with Gasteiger partial charge in [-0.15, -0.1) is 0 Å². The van der Waals surface area contributed by atoms with Crippen molar-refractivity contribution in [1.29, 1.82) is 0 Å². The number of hydrogen-bond donors (Lipinski definition) is 1. The molecule has 0 aliphatic heterocycles. The third-order valence-corrected chi connectivity index (χ3v) is 1.98. The highest BCUT2D eigenvalue weighted by Gasteiger charge is 2.04. The summed E-state index contributed by atoms with van der Waals surface area (Å²) in [5, 5.41) is 2.69. The largest absolute Gasteiger partial charge is 0.320 e. The zero-order valence-electron chi connectivity index (χ0n) is 8.71. The number of allylic oxidation sites excluding steroid dienone is 3. The Morgan fingerprint density at radius 2 is 2.19 bits per heavy atom. The molecular formula is C12H11ClFNO. The number of anilines is 1. The van der Waals surface area contributed by atoms with Gasteiger partial charge in [0.1, 0.15) is 5.82 Å². The molecule has 0 aromatic heterocycles. The Hall–Kier alpha value is -1.61. The Morgan fingerprint density at radius 3 is 2.81 bits per heavy atom. The van der Waals surface area contributed by atoms with Gasteiger partial charge in [0, 0.05) is 11.1 Å². The van der Waals surface area contributed by atoms with Crippen molar-refractivity contribution < 1.29 is 9.18 Å². The highest BCUT2D eigenvalue weighted by Crippen LogP contribution is 2.18. The number of hydrogen-bond acceptors (Lipinski definition) is 1. The smallest absolute Gasteiger partial charge is 0.248 e. The van der Waals surface area contributed by atoms with Crippen molar-refractivity contribution in [3.8, 4) is 0 Å². The Kier molecular flexibility index (Phi) is 4.73. The van der Waals surface area contributed by atoms with E-state index in [1.807, 2.05) is 6.92 Å². The fourth-order valence-corrected chi connectivity index (χ4v) is 1.18. The number of carbonyl (C=O) groups is 1. The number of amides is 1. The van der Waals surface area contributed by atoms with E-state index in [-0.39, 0.29) is 11.6 Å². The second-order valence-corrected chi connectivity index (χ2v) is 3.43. The van der Waals surface area contributed by atoms with E-state index >= 15 is 0 Å². The van der Waals surface area contributed by atoms with Crippen molar-refractivity contribution in [2.24, 2.45) is 0 Å². The summed E-state index contributed by atoms with van der Waals surface area (Å²) in [4.78, 5) is 11.3. The predicted octanol–water partition coefficient (Wildman–Crippen LogP) is 3.55. The van der Waals surface area contributed by atoms with E-state index < -0.39 is 5.82 Å². The molecule has 0 aliphatic carbocycles. The summed E-state index contributed by atoms with van der Waals surface area (Å²) < 4.78 is 13.3. The fraction of sp³-hybridized carbons (Fsp3) is 0.0833. The molecular weight excluding hydrogens is 229 g/mol. The first-order valence-electron chi connectivity index (χ1n) is 4.69. The van der Waals surface area contributed by atoms with E-state index in [0.29, 0.717) is 5.02 Å². The van der Waals surface area contributed by atoms with Gasteiger partial charge in [-0.1, -0.05) is 29.8 Å². The van der Waals surface area contributed by atoms with Crippen LogP contribution in [0.5, 0.6) is 0 Å². The van der Waals surface area contributed by atoms with Gasteiger partial charge in [-0.05, 0) is 25.1 Å². The van der Waals surface area contributed by atoms with Crippen LogP contribution in [-0.4, -0.2) is 5.91 Å². The van der Waals surface area contributed by atoms with Crippen molar-refractivity contribution in [1.82, 2.24) is 0 Å². The maximum absolute atomic E-state index is 13.3. The van der Waals surface area contributed by atoms with E-state index in [9.17, 15) is 9.18 Å². The SMILES string of the molecule is C/C=C/C=C/C(=O)Nc1ccc(Cl)cc1F. The second kappa shape index (κ2) is 6.08. The van der Waals surface area contributed by atoms with Gasteiger partial charge in [0.2, 0.25) is 5.91 Å². The van der Waals surface area contributed by atoms with Crippen LogP contribution in [0.25, 0.3) is 0 Å². The molecule has 0 saturated carbocycles. The van der Waals surface area contributed by atoms with Crippen molar-refractivity contribution in [3.63, 3.8) is 0 Å². The van der Waals surface area contributed by atoms with Crippen LogP contribution in [0.15, 0.2) is 42.5 Å². The minimum atomic E-state index is -0.555. The number of rotatable bonds is 3. The topological polar surface area (TPSA) is 29.1 Å². The molecule has 2 nitrogen and oxygen atoms in total. The number of nitrogens with one attached hydrogen (secondary N) is 1. The normalized spacial score (nSPS) is 11.2. The second-order valence-electron chi connectivity index (χ2n) is 3.00. The zero-order chi connectivity index (χ0) is 12.0. The van der Waals surface area contributed by atoms with Crippen LogP contribution in [0, 0.1) is 5.82 Å². The minimum Gasteiger partial charge on any atom is -0.320 e. The van der Waals surface area contributed by atoms with Gasteiger partial charge in [0.15, 0.2) is 0 Å². The van der Waals surface area contributed by atoms with Crippen LogP contribution in [0.1, 0.15) is 6.92 Å². The Bertz CT molecular complexity index is 441.